The second-order valence-electron chi connectivity index (χ2n) is 8.05. The molecule has 34 heavy (non-hydrogen) atoms. The number of nitrogens with one attached hydrogen (secondary N) is 2. The Morgan fingerprint density at radius 2 is 1.74 bits per heavy atom. The van der Waals surface area contributed by atoms with Gasteiger partial charge < -0.3 is 19.9 Å². The fourth-order valence-corrected chi connectivity index (χ4v) is 4.62. The molecule has 1 aliphatic heterocycles. The average molecular weight is 474 g/mol. The highest BCUT2D eigenvalue weighted by atomic mass is 32.2. The molecule has 0 atom stereocenters. The Balaban J connectivity index is 1.31. The van der Waals surface area contributed by atoms with E-state index in [0.29, 0.717) is 5.95 Å². The largest absolute Gasteiger partial charge is 0.497 e. The molecule has 0 spiro atoms. The summed E-state index contributed by atoms with van der Waals surface area (Å²) >= 11 is 1.77. The molecule has 0 unspecified atom stereocenters. The maximum atomic E-state index is 5.26. The minimum Gasteiger partial charge on any atom is -0.497 e. The van der Waals surface area contributed by atoms with E-state index in [0.717, 1.165) is 55.0 Å². The number of nitrogens with zero attached hydrogens (tertiary/aromatic N) is 5. The number of anilines is 3. The van der Waals surface area contributed by atoms with Crippen LogP contribution in [0.2, 0.25) is 0 Å². The van der Waals surface area contributed by atoms with Gasteiger partial charge in [0.05, 0.1) is 7.11 Å². The molecule has 2 N–H and O–H groups in total. The minimum absolute atomic E-state index is 0.706. The third-order valence-electron chi connectivity index (χ3n) is 5.59. The zero-order valence-electron chi connectivity index (χ0n) is 19.2. The summed E-state index contributed by atoms with van der Waals surface area (Å²) in [6.45, 7) is 5.58. The first-order chi connectivity index (χ1) is 16.7. The van der Waals surface area contributed by atoms with Crippen molar-refractivity contribution in [2.75, 3.05) is 43.5 Å². The van der Waals surface area contributed by atoms with Gasteiger partial charge in [0.1, 0.15) is 17.3 Å². The van der Waals surface area contributed by atoms with Crippen molar-refractivity contribution in [3.05, 3.63) is 72.6 Å². The van der Waals surface area contributed by atoms with Crippen LogP contribution in [0.3, 0.4) is 0 Å². The Bertz CT molecular complexity index is 1210. The second-order valence-corrected chi connectivity index (χ2v) is 9.22. The molecule has 8 nitrogen and oxygen atoms in total. The van der Waals surface area contributed by atoms with Gasteiger partial charge in [-0.1, -0.05) is 17.7 Å². The summed E-state index contributed by atoms with van der Waals surface area (Å²) in [7, 11) is 1.69. The molecule has 3 heterocycles. The Hall–Kier alpha value is -3.56. The van der Waals surface area contributed by atoms with Crippen LogP contribution in [-0.2, 0) is 0 Å². The fourth-order valence-electron chi connectivity index (χ4n) is 3.72. The lowest BCUT2D eigenvalue weighted by Gasteiger charge is -2.34. The van der Waals surface area contributed by atoms with Crippen LogP contribution in [0.5, 0.6) is 5.75 Å². The fraction of sp³-hybridized carbons (Fsp3) is 0.240. The molecule has 4 aromatic rings. The van der Waals surface area contributed by atoms with Gasteiger partial charge in [0.25, 0.3) is 0 Å². The van der Waals surface area contributed by atoms with E-state index in [2.05, 4.69) is 67.8 Å². The number of hydrogen-bond acceptors (Lipinski definition) is 8. The first kappa shape index (κ1) is 22.2. The minimum atomic E-state index is 0.706. The monoisotopic (exact) mass is 473 g/mol. The molecular formula is C25H27N7OS. The van der Waals surface area contributed by atoms with Gasteiger partial charge in [-0.3, -0.25) is 0 Å². The lowest BCUT2D eigenvalue weighted by atomic mass is 10.2. The zero-order chi connectivity index (χ0) is 23.3. The normalized spacial score (nSPS) is 14.2. The molecule has 0 bridgehead atoms. The number of piperazine rings is 1. The van der Waals surface area contributed by atoms with Gasteiger partial charge in [0, 0.05) is 55.2 Å². The molecule has 1 aliphatic rings. The summed E-state index contributed by atoms with van der Waals surface area (Å²) in [5.41, 5.74) is 2.97. The molecular weight excluding hydrogens is 446 g/mol. The van der Waals surface area contributed by atoms with Crippen LogP contribution in [0.25, 0.3) is 11.5 Å². The smallest absolute Gasteiger partial charge is 0.228 e. The Morgan fingerprint density at radius 3 is 2.41 bits per heavy atom. The molecule has 174 valence electrons. The van der Waals surface area contributed by atoms with Crippen LogP contribution in [0.4, 0.5) is 17.5 Å². The van der Waals surface area contributed by atoms with Gasteiger partial charge in [-0.05, 0) is 55.3 Å². The molecule has 0 radical (unpaired) electrons. The lowest BCUT2D eigenvalue weighted by molar-refractivity contribution is 0.414. The van der Waals surface area contributed by atoms with Gasteiger partial charge in [0.15, 0.2) is 5.82 Å². The summed E-state index contributed by atoms with van der Waals surface area (Å²) in [4.78, 5) is 20.6. The number of benzene rings is 2. The van der Waals surface area contributed by atoms with Crippen LogP contribution in [-0.4, -0.2) is 57.5 Å². The molecule has 2 aromatic carbocycles. The zero-order valence-corrected chi connectivity index (χ0v) is 20.0. The van der Waals surface area contributed by atoms with Gasteiger partial charge >= 0.3 is 0 Å². The van der Waals surface area contributed by atoms with Crippen molar-refractivity contribution >= 4 is 29.4 Å². The first-order valence-electron chi connectivity index (χ1n) is 11.2. The number of methoxy groups -OCH3 is 1. The van der Waals surface area contributed by atoms with E-state index in [1.54, 1.807) is 31.5 Å². The average Bonchev–Trinajstić information content (AvgIpc) is 3.42. The van der Waals surface area contributed by atoms with E-state index >= 15 is 0 Å². The Kier molecular flexibility index (Phi) is 6.64. The van der Waals surface area contributed by atoms with Gasteiger partial charge in [-0.2, -0.15) is 4.98 Å². The number of ether oxygens (including phenoxy) is 1. The molecule has 5 rings (SSSR count). The number of aromatic nitrogens is 4. The van der Waals surface area contributed by atoms with E-state index in [4.69, 9.17) is 14.7 Å². The van der Waals surface area contributed by atoms with Crippen LogP contribution >= 0.6 is 11.9 Å². The third-order valence-corrected chi connectivity index (χ3v) is 6.70. The van der Waals surface area contributed by atoms with Crippen molar-refractivity contribution in [2.24, 2.45) is 0 Å². The van der Waals surface area contributed by atoms with E-state index < -0.39 is 0 Å². The van der Waals surface area contributed by atoms with Gasteiger partial charge in [-0.15, -0.1) is 0 Å². The highest BCUT2D eigenvalue weighted by Crippen LogP contribution is 2.28. The number of H-pyrrole nitrogens is 1. The number of hydrogen-bond donors (Lipinski definition) is 2. The van der Waals surface area contributed by atoms with Gasteiger partial charge in [0.2, 0.25) is 5.95 Å². The molecule has 0 saturated carbocycles. The molecule has 2 aromatic heterocycles. The molecule has 9 heteroatoms. The highest BCUT2D eigenvalue weighted by Gasteiger charge is 2.21. The number of aromatic amines is 1. The van der Waals surface area contributed by atoms with Crippen LogP contribution in [0, 0.1) is 6.92 Å². The number of aryl methyl sites for hydroxylation is 1. The van der Waals surface area contributed by atoms with Crippen LogP contribution in [0.1, 0.15) is 5.56 Å². The Labute approximate surface area is 203 Å². The SMILES string of the molecule is COc1ccc(SN2CCN(c3nc(Nc4ccc(C)cc4)cc(-c4ncc[nH]4)n3)CC2)cc1. The first-order valence-corrected chi connectivity index (χ1v) is 12.0. The highest BCUT2D eigenvalue weighted by molar-refractivity contribution is 7.97. The van der Waals surface area contributed by atoms with Crippen molar-refractivity contribution in [3.63, 3.8) is 0 Å². The maximum Gasteiger partial charge on any atom is 0.228 e. The predicted molar refractivity (Wildman–Crippen MR) is 137 cm³/mol. The summed E-state index contributed by atoms with van der Waals surface area (Å²) in [5.74, 6) is 3.05. The molecule has 0 amide bonds. The van der Waals surface area contributed by atoms with E-state index in [1.807, 2.05) is 18.2 Å². The standard InChI is InChI=1S/C25H27N7OS/c1-18-3-5-19(6-4-18)28-23-17-22(24-26-11-12-27-24)29-25(30-23)31-13-15-32(16-14-31)34-21-9-7-20(33-2)8-10-21/h3-12,17H,13-16H2,1-2H3,(H,26,27)(H,28,29,30). The molecule has 1 fully saturated rings. The topological polar surface area (TPSA) is 82.2 Å². The Morgan fingerprint density at radius 1 is 0.971 bits per heavy atom. The quantitative estimate of drug-likeness (QED) is 0.372. The predicted octanol–water partition coefficient (Wildman–Crippen LogP) is 4.76. The number of rotatable bonds is 7. The lowest BCUT2D eigenvalue weighted by Crippen LogP contribution is -2.44. The summed E-state index contributed by atoms with van der Waals surface area (Å²) in [6.07, 6.45) is 3.54. The second kappa shape index (κ2) is 10.1. The van der Waals surface area contributed by atoms with Crippen molar-refractivity contribution < 1.29 is 4.74 Å². The van der Waals surface area contributed by atoms with E-state index in [1.165, 1.54) is 10.5 Å². The molecule has 1 saturated heterocycles. The summed E-state index contributed by atoms with van der Waals surface area (Å²) in [5, 5.41) is 3.42. The van der Waals surface area contributed by atoms with E-state index in [-0.39, 0.29) is 0 Å². The summed E-state index contributed by atoms with van der Waals surface area (Å²) in [6, 6.07) is 18.4. The third kappa shape index (κ3) is 5.32. The summed E-state index contributed by atoms with van der Waals surface area (Å²) < 4.78 is 7.63. The van der Waals surface area contributed by atoms with Crippen LogP contribution in [0.15, 0.2) is 71.9 Å². The van der Waals surface area contributed by atoms with Crippen LogP contribution < -0.4 is 15.0 Å². The maximum absolute atomic E-state index is 5.26. The molecule has 0 aliphatic carbocycles. The van der Waals surface area contributed by atoms with Crippen molar-refractivity contribution in [1.82, 2.24) is 24.2 Å². The number of imidazole rings is 1. The van der Waals surface area contributed by atoms with Crippen molar-refractivity contribution in [3.8, 4) is 17.3 Å². The van der Waals surface area contributed by atoms with Crippen molar-refractivity contribution in [1.29, 1.82) is 0 Å². The van der Waals surface area contributed by atoms with Crippen molar-refractivity contribution in [2.45, 2.75) is 11.8 Å². The van der Waals surface area contributed by atoms with Gasteiger partial charge in [-0.25, -0.2) is 14.3 Å². The van der Waals surface area contributed by atoms with E-state index in [9.17, 15) is 0 Å².